The van der Waals surface area contributed by atoms with Gasteiger partial charge < -0.3 is 20.6 Å². The Kier molecular flexibility index (Phi) is 7.50. The third kappa shape index (κ3) is 6.06. The molecule has 0 aliphatic heterocycles. The van der Waals surface area contributed by atoms with E-state index in [1.54, 1.807) is 24.7 Å². The lowest BCUT2D eigenvalue weighted by molar-refractivity contribution is 0.868. The number of hydrogen-bond donors (Lipinski definition) is 4. The van der Waals surface area contributed by atoms with Gasteiger partial charge >= 0.3 is 0 Å². The van der Waals surface area contributed by atoms with E-state index >= 15 is 0 Å². The van der Waals surface area contributed by atoms with Crippen molar-refractivity contribution in [3.05, 3.63) is 107 Å². The fraction of sp³-hybridized carbons (Fsp3) is 0.120. The Bertz CT molecular complexity index is 1290. The molecule has 0 aliphatic rings. The average Bonchev–Trinajstić information content (AvgIpc) is 3.54. The lowest BCUT2D eigenvalue weighted by atomic mass is 10.1. The lowest BCUT2D eigenvalue weighted by Crippen LogP contribution is -2.08. The molecule has 1 unspecified atom stereocenters. The summed E-state index contributed by atoms with van der Waals surface area (Å²) in [5.74, 6) is 1.52. The van der Waals surface area contributed by atoms with Crippen molar-refractivity contribution in [2.24, 2.45) is 0 Å². The molecule has 4 N–H and O–H groups in total. The summed E-state index contributed by atoms with van der Waals surface area (Å²) in [7, 11) is 0. The highest BCUT2D eigenvalue weighted by Gasteiger charge is 2.12. The molecule has 0 saturated heterocycles. The third-order valence-electron chi connectivity index (χ3n) is 5.07. The van der Waals surface area contributed by atoms with Crippen LogP contribution in [0.1, 0.15) is 24.1 Å². The number of aromatic nitrogens is 4. The SMILES string of the molecule is CC(Nc1ncc[nH]1)c1cccc(Cl)c1Cl.c1ccc2cc(CNc3ncc[nH]3)ccc2c1. The van der Waals surface area contributed by atoms with Gasteiger partial charge in [-0.25, -0.2) is 9.97 Å². The Labute approximate surface area is 202 Å². The molecule has 0 spiro atoms. The molecule has 6 nitrogen and oxygen atoms in total. The van der Waals surface area contributed by atoms with E-state index in [4.69, 9.17) is 23.2 Å². The van der Waals surface area contributed by atoms with E-state index in [1.165, 1.54) is 16.3 Å². The fourth-order valence-electron chi connectivity index (χ4n) is 3.38. The van der Waals surface area contributed by atoms with Crippen LogP contribution < -0.4 is 10.6 Å². The van der Waals surface area contributed by atoms with Gasteiger partial charge in [0, 0.05) is 31.3 Å². The topological polar surface area (TPSA) is 81.4 Å². The minimum absolute atomic E-state index is 0.0392. The van der Waals surface area contributed by atoms with Crippen LogP contribution in [-0.4, -0.2) is 19.9 Å². The van der Waals surface area contributed by atoms with E-state index in [9.17, 15) is 0 Å². The van der Waals surface area contributed by atoms with Crippen LogP contribution in [0.15, 0.2) is 85.5 Å². The first kappa shape index (κ1) is 22.7. The third-order valence-corrected chi connectivity index (χ3v) is 5.90. The highest BCUT2D eigenvalue weighted by molar-refractivity contribution is 6.42. The van der Waals surface area contributed by atoms with Gasteiger partial charge in [-0.1, -0.05) is 71.7 Å². The first-order valence-corrected chi connectivity index (χ1v) is 11.3. The smallest absolute Gasteiger partial charge is 0.200 e. The van der Waals surface area contributed by atoms with Crippen LogP contribution in [0.4, 0.5) is 11.9 Å². The predicted molar refractivity (Wildman–Crippen MR) is 137 cm³/mol. The van der Waals surface area contributed by atoms with Crippen molar-refractivity contribution in [3.63, 3.8) is 0 Å². The number of halogens is 2. The number of hydrogen-bond acceptors (Lipinski definition) is 4. The van der Waals surface area contributed by atoms with Gasteiger partial charge in [-0.3, -0.25) is 0 Å². The van der Waals surface area contributed by atoms with Gasteiger partial charge in [0.05, 0.1) is 16.1 Å². The van der Waals surface area contributed by atoms with E-state index in [0.29, 0.717) is 16.0 Å². The first-order valence-electron chi connectivity index (χ1n) is 10.5. The molecule has 33 heavy (non-hydrogen) atoms. The summed E-state index contributed by atoms with van der Waals surface area (Å²) in [5.41, 5.74) is 2.20. The number of fused-ring (bicyclic) bond motifs is 1. The van der Waals surface area contributed by atoms with Gasteiger partial charge in [0.15, 0.2) is 5.95 Å². The molecular weight excluding hydrogens is 455 g/mol. The van der Waals surface area contributed by atoms with Crippen molar-refractivity contribution in [3.8, 4) is 0 Å². The molecule has 0 radical (unpaired) electrons. The number of nitrogens with one attached hydrogen (secondary N) is 4. The van der Waals surface area contributed by atoms with E-state index in [2.05, 4.69) is 73.0 Å². The molecule has 5 rings (SSSR count). The molecule has 2 heterocycles. The zero-order valence-corrected chi connectivity index (χ0v) is 19.5. The second-order valence-electron chi connectivity index (χ2n) is 7.42. The fourth-order valence-corrected chi connectivity index (χ4v) is 3.85. The van der Waals surface area contributed by atoms with E-state index < -0.39 is 0 Å². The Morgan fingerprint density at radius 3 is 2.30 bits per heavy atom. The minimum atomic E-state index is 0.0392. The monoisotopic (exact) mass is 478 g/mol. The van der Waals surface area contributed by atoms with E-state index in [0.717, 1.165) is 18.1 Å². The van der Waals surface area contributed by atoms with Crippen molar-refractivity contribution >= 4 is 45.9 Å². The summed E-state index contributed by atoms with van der Waals surface area (Å²) in [4.78, 5) is 14.2. The van der Waals surface area contributed by atoms with Crippen LogP contribution in [-0.2, 0) is 6.54 Å². The lowest BCUT2D eigenvalue weighted by Gasteiger charge is -2.15. The van der Waals surface area contributed by atoms with Crippen molar-refractivity contribution in [2.75, 3.05) is 10.6 Å². The number of rotatable bonds is 6. The average molecular weight is 479 g/mol. The summed E-state index contributed by atoms with van der Waals surface area (Å²) >= 11 is 12.1. The highest BCUT2D eigenvalue weighted by atomic mass is 35.5. The Morgan fingerprint density at radius 1 is 0.848 bits per heavy atom. The normalized spacial score (nSPS) is 11.5. The molecule has 2 aromatic heterocycles. The highest BCUT2D eigenvalue weighted by Crippen LogP contribution is 2.30. The first-order chi connectivity index (χ1) is 16.1. The summed E-state index contributed by atoms with van der Waals surface area (Å²) in [6.45, 7) is 2.78. The Morgan fingerprint density at radius 2 is 1.58 bits per heavy atom. The zero-order valence-electron chi connectivity index (χ0n) is 18.0. The summed E-state index contributed by atoms with van der Waals surface area (Å²) in [6, 6.07) is 20.5. The molecule has 5 aromatic rings. The number of nitrogens with zero attached hydrogens (tertiary/aromatic N) is 2. The van der Waals surface area contributed by atoms with Crippen LogP contribution in [0, 0.1) is 0 Å². The maximum atomic E-state index is 6.13. The van der Waals surface area contributed by atoms with Gasteiger partial charge in [0.2, 0.25) is 5.95 Å². The number of H-pyrrole nitrogens is 2. The number of imidazole rings is 2. The van der Waals surface area contributed by atoms with Gasteiger partial charge in [0.25, 0.3) is 0 Å². The van der Waals surface area contributed by atoms with Gasteiger partial charge in [-0.15, -0.1) is 0 Å². The van der Waals surface area contributed by atoms with E-state index in [-0.39, 0.29) is 6.04 Å². The standard InChI is InChI=1S/C14H13N3.C11H11Cl2N3/c1-2-4-13-9-11(5-6-12(13)3-1)10-17-14-15-7-8-16-14;1-7(16-11-14-5-6-15-11)8-3-2-4-9(12)10(8)13/h1-9H,10H2,(H2,15,16,17);2-7H,1H3,(H2,14,15,16). The zero-order chi connectivity index (χ0) is 23.0. The Balaban J connectivity index is 0.000000157. The van der Waals surface area contributed by atoms with Gasteiger partial charge in [-0.05, 0) is 41.0 Å². The van der Waals surface area contributed by atoms with Gasteiger partial charge in [-0.2, -0.15) is 0 Å². The second-order valence-corrected chi connectivity index (χ2v) is 8.20. The van der Waals surface area contributed by atoms with Crippen LogP contribution in [0.25, 0.3) is 10.8 Å². The predicted octanol–water partition coefficient (Wildman–Crippen LogP) is 7.06. The molecule has 0 aliphatic carbocycles. The van der Waals surface area contributed by atoms with Crippen molar-refractivity contribution in [1.29, 1.82) is 0 Å². The summed E-state index contributed by atoms with van der Waals surface area (Å²) in [6.07, 6.45) is 6.99. The van der Waals surface area contributed by atoms with Crippen LogP contribution in [0.2, 0.25) is 10.0 Å². The minimum Gasteiger partial charge on any atom is -0.352 e. The molecule has 0 fully saturated rings. The maximum Gasteiger partial charge on any atom is 0.200 e. The molecule has 3 aromatic carbocycles. The molecule has 8 heteroatoms. The quantitative estimate of drug-likeness (QED) is 0.210. The van der Waals surface area contributed by atoms with Crippen LogP contribution in [0.5, 0.6) is 0 Å². The number of anilines is 2. The number of benzene rings is 3. The largest absolute Gasteiger partial charge is 0.352 e. The molecule has 0 saturated carbocycles. The van der Waals surface area contributed by atoms with E-state index in [1.807, 2.05) is 25.3 Å². The van der Waals surface area contributed by atoms with Crippen LogP contribution in [0.3, 0.4) is 0 Å². The molecule has 0 amide bonds. The van der Waals surface area contributed by atoms with Crippen molar-refractivity contribution in [2.45, 2.75) is 19.5 Å². The molecular formula is C25H24Cl2N6. The van der Waals surface area contributed by atoms with Crippen LogP contribution >= 0.6 is 23.2 Å². The summed E-state index contributed by atoms with van der Waals surface area (Å²) in [5, 5.41) is 10.1. The molecule has 0 bridgehead atoms. The van der Waals surface area contributed by atoms with Crippen molar-refractivity contribution in [1.82, 2.24) is 19.9 Å². The molecule has 168 valence electrons. The maximum absolute atomic E-state index is 6.13. The Hall–Kier alpha value is -3.48. The second kappa shape index (κ2) is 10.9. The summed E-state index contributed by atoms with van der Waals surface area (Å²) < 4.78 is 0. The van der Waals surface area contributed by atoms with Gasteiger partial charge in [0.1, 0.15) is 0 Å². The number of aromatic amines is 2. The van der Waals surface area contributed by atoms with Crippen molar-refractivity contribution < 1.29 is 0 Å². The molecule has 1 atom stereocenters.